The lowest BCUT2D eigenvalue weighted by atomic mass is 10.1. The molecule has 0 aliphatic carbocycles. The van der Waals surface area contributed by atoms with Gasteiger partial charge >= 0.3 is 0 Å². The van der Waals surface area contributed by atoms with E-state index in [1.54, 1.807) is 24.3 Å². The van der Waals surface area contributed by atoms with Gasteiger partial charge in [-0.15, -0.1) is 0 Å². The molecule has 0 aliphatic rings. The van der Waals surface area contributed by atoms with Gasteiger partial charge in [0.1, 0.15) is 0 Å². The molecule has 0 aromatic heterocycles. The normalized spacial score (nSPS) is 10.0. The van der Waals surface area contributed by atoms with Gasteiger partial charge in [-0.1, -0.05) is 30.3 Å². The van der Waals surface area contributed by atoms with Crippen LogP contribution in [0, 0.1) is 10.1 Å². The Hall–Kier alpha value is -3.02. The number of benzene rings is 2. The highest BCUT2D eigenvalue weighted by Gasteiger charge is 2.10. The van der Waals surface area contributed by atoms with E-state index in [1.807, 2.05) is 6.07 Å². The topological polar surface area (TPSA) is 89.3 Å². The van der Waals surface area contributed by atoms with Crippen molar-refractivity contribution in [1.82, 2.24) is 0 Å². The van der Waals surface area contributed by atoms with E-state index in [1.165, 1.54) is 24.3 Å². The van der Waals surface area contributed by atoms with Crippen LogP contribution in [0.2, 0.25) is 0 Å². The van der Waals surface area contributed by atoms with E-state index in [9.17, 15) is 19.7 Å². The number of nitrogens with zero attached hydrogens (tertiary/aromatic N) is 1. The standard InChI is InChI=1S/C16H14N2O4/c19-15(12-4-2-1-3-5-12)10-11-16(20)17-13-6-8-14(9-7-13)18(21)22/h1-9H,10-11H2,(H,17,20). The quantitative estimate of drug-likeness (QED) is 0.504. The van der Waals surface area contributed by atoms with Crippen molar-refractivity contribution in [3.63, 3.8) is 0 Å². The molecule has 2 rings (SSSR count). The second-order valence-electron chi connectivity index (χ2n) is 4.64. The molecule has 6 nitrogen and oxygen atoms in total. The maximum absolute atomic E-state index is 11.9. The monoisotopic (exact) mass is 298 g/mol. The molecule has 1 N–H and O–H groups in total. The molecule has 2 aromatic carbocycles. The third kappa shape index (κ3) is 4.24. The van der Waals surface area contributed by atoms with Crippen LogP contribution in [0.15, 0.2) is 54.6 Å². The summed E-state index contributed by atoms with van der Waals surface area (Å²) in [6, 6.07) is 14.3. The van der Waals surface area contributed by atoms with Crippen LogP contribution in [0.3, 0.4) is 0 Å². The lowest BCUT2D eigenvalue weighted by Crippen LogP contribution is -2.13. The van der Waals surface area contributed by atoms with Crippen molar-refractivity contribution in [3.8, 4) is 0 Å². The highest BCUT2D eigenvalue weighted by molar-refractivity contribution is 5.99. The van der Waals surface area contributed by atoms with E-state index in [-0.39, 0.29) is 30.2 Å². The summed E-state index contributed by atoms with van der Waals surface area (Å²) in [6.45, 7) is 0. The third-order valence-electron chi connectivity index (χ3n) is 3.04. The average molecular weight is 298 g/mol. The second-order valence-corrected chi connectivity index (χ2v) is 4.64. The van der Waals surface area contributed by atoms with Crippen LogP contribution in [0.25, 0.3) is 0 Å². The first kappa shape index (κ1) is 15.4. The van der Waals surface area contributed by atoms with Crippen molar-refractivity contribution in [2.45, 2.75) is 12.8 Å². The Labute approximate surface area is 126 Å². The fourth-order valence-electron chi connectivity index (χ4n) is 1.89. The van der Waals surface area contributed by atoms with Gasteiger partial charge in [0.2, 0.25) is 5.91 Å². The number of ketones is 1. The molecule has 0 saturated heterocycles. The summed E-state index contributed by atoms with van der Waals surface area (Å²) in [6.07, 6.45) is 0.174. The first-order valence-electron chi connectivity index (χ1n) is 6.69. The number of nitro benzene ring substituents is 1. The van der Waals surface area contributed by atoms with Crippen molar-refractivity contribution < 1.29 is 14.5 Å². The van der Waals surface area contributed by atoms with Gasteiger partial charge < -0.3 is 5.32 Å². The Morgan fingerprint density at radius 2 is 1.59 bits per heavy atom. The third-order valence-corrected chi connectivity index (χ3v) is 3.04. The van der Waals surface area contributed by atoms with E-state index >= 15 is 0 Å². The Morgan fingerprint density at radius 1 is 0.955 bits per heavy atom. The fourth-order valence-corrected chi connectivity index (χ4v) is 1.89. The Morgan fingerprint density at radius 3 is 2.18 bits per heavy atom. The molecule has 0 atom stereocenters. The van der Waals surface area contributed by atoms with Gasteiger partial charge in [0.15, 0.2) is 5.78 Å². The van der Waals surface area contributed by atoms with Crippen molar-refractivity contribution in [2.75, 3.05) is 5.32 Å². The Balaban J connectivity index is 1.85. The summed E-state index contributed by atoms with van der Waals surface area (Å²) < 4.78 is 0. The van der Waals surface area contributed by atoms with Crippen molar-refractivity contribution in [3.05, 3.63) is 70.3 Å². The number of nitro groups is 1. The number of rotatable bonds is 6. The van der Waals surface area contributed by atoms with Gasteiger partial charge in [-0.2, -0.15) is 0 Å². The van der Waals surface area contributed by atoms with Crippen molar-refractivity contribution in [2.24, 2.45) is 0 Å². The maximum Gasteiger partial charge on any atom is 0.269 e. The number of hydrogen-bond acceptors (Lipinski definition) is 4. The van der Waals surface area contributed by atoms with Crippen LogP contribution in [-0.2, 0) is 4.79 Å². The van der Waals surface area contributed by atoms with Crippen molar-refractivity contribution >= 4 is 23.1 Å². The molecule has 0 radical (unpaired) electrons. The smallest absolute Gasteiger partial charge is 0.269 e. The van der Waals surface area contributed by atoms with E-state index < -0.39 is 4.92 Å². The zero-order chi connectivity index (χ0) is 15.9. The zero-order valence-electron chi connectivity index (χ0n) is 11.7. The van der Waals surface area contributed by atoms with Gasteiger partial charge in [0, 0.05) is 36.2 Å². The van der Waals surface area contributed by atoms with E-state index in [0.29, 0.717) is 11.3 Å². The molecular weight excluding hydrogens is 284 g/mol. The molecule has 0 fully saturated rings. The highest BCUT2D eigenvalue weighted by atomic mass is 16.6. The number of amides is 1. The number of hydrogen-bond donors (Lipinski definition) is 1. The molecule has 0 saturated carbocycles. The SMILES string of the molecule is O=C(CCC(=O)c1ccccc1)Nc1ccc([N+](=O)[O-])cc1. The number of Topliss-reactive ketones (excluding diaryl/α,β-unsaturated/α-hetero) is 1. The van der Waals surface area contributed by atoms with Gasteiger partial charge in [0.05, 0.1) is 4.92 Å². The summed E-state index contributed by atoms with van der Waals surface area (Å²) in [4.78, 5) is 33.7. The van der Waals surface area contributed by atoms with Crippen LogP contribution in [-0.4, -0.2) is 16.6 Å². The highest BCUT2D eigenvalue weighted by Crippen LogP contribution is 2.16. The first-order valence-corrected chi connectivity index (χ1v) is 6.69. The molecule has 112 valence electrons. The minimum Gasteiger partial charge on any atom is -0.326 e. The number of carbonyl (C=O) groups excluding carboxylic acids is 2. The van der Waals surface area contributed by atoms with Crippen LogP contribution in [0.4, 0.5) is 11.4 Å². The molecule has 0 unspecified atom stereocenters. The van der Waals surface area contributed by atoms with Crippen LogP contribution >= 0.6 is 0 Å². The predicted molar refractivity (Wildman–Crippen MR) is 81.7 cm³/mol. The molecule has 0 heterocycles. The molecule has 22 heavy (non-hydrogen) atoms. The predicted octanol–water partition coefficient (Wildman–Crippen LogP) is 3.20. The summed E-state index contributed by atoms with van der Waals surface area (Å²) >= 11 is 0. The molecule has 2 aromatic rings. The van der Waals surface area contributed by atoms with Crippen LogP contribution in [0.5, 0.6) is 0 Å². The first-order chi connectivity index (χ1) is 10.6. The molecule has 1 amide bonds. The summed E-state index contributed by atoms with van der Waals surface area (Å²) in [5, 5.41) is 13.1. The van der Waals surface area contributed by atoms with Gasteiger partial charge in [0.25, 0.3) is 5.69 Å². The average Bonchev–Trinajstić information content (AvgIpc) is 2.54. The van der Waals surface area contributed by atoms with Crippen LogP contribution in [0.1, 0.15) is 23.2 Å². The molecular formula is C16H14N2O4. The lowest BCUT2D eigenvalue weighted by molar-refractivity contribution is -0.384. The molecule has 0 aliphatic heterocycles. The van der Waals surface area contributed by atoms with E-state index in [2.05, 4.69) is 5.32 Å². The maximum atomic E-state index is 11.9. The Bertz CT molecular complexity index is 681. The minimum absolute atomic E-state index is 0.0442. The van der Waals surface area contributed by atoms with E-state index in [4.69, 9.17) is 0 Å². The summed E-state index contributed by atoms with van der Waals surface area (Å²) in [5.74, 6) is -0.405. The Kier molecular flexibility index (Phi) is 4.98. The zero-order valence-corrected chi connectivity index (χ0v) is 11.7. The van der Waals surface area contributed by atoms with Gasteiger partial charge in [-0.25, -0.2) is 0 Å². The van der Waals surface area contributed by atoms with Crippen molar-refractivity contribution in [1.29, 1.82) is 0 Å². The number of nitrogens with one attached hydrogen (secondary N) is 1. The summed E-state index contributed by atoms with van der Waals surface area (Å²) in [5.41, 5.74) is 0.991. The number of carbonyl (C=O) groups is 2. The lowest BCUT2D eigenvalue weighted by Gasteiger charge is -2.05. The van der Waals surface area contributed by atoms with Gasteiger partial charge in [-0.05, 0) is 12.1 Å². The number of anilines is 1. The van der Waals surface area contributed by atoms with Crippen LogP contribution < -0.4 is 5.32 Å². The number of non-ortho nitro benzene ring substituents is 1. The molecule has 6 heteroatoms. The largest absolute Gasteiger partial charge is 0.326 e. The second kappa shape index (κ2) is 7.12. The molecule has 0 spiro atoms. The fraction of sp³-hybridized carbons (Fsp3) is 0.125. The van der Waals surface area contributed by atoms with Gasteiger partial charge in [-0.3, -0.25) is 19.7 Å². The molecule has 0 bridgehead atoms. The minimum atomic E-state index is -0.510. The van der Waals surface area contributed by atoms with E-state index in [0.717, 1.165) is 0 Å². The summed E-state index contributed by atoms with van der Waals surface area (Å²) in [7, 11) is 0.